The van der Waals surface area contributed by atoms with E-state index in [2.05, 4.69) is 6.92 Å². The van der Waals surface area contributed by atoms with Gasteiger partial charge in [-0.05, 0) is 25.2 Å². The first-order valence-corrected chi connectivity index (χ1v) is 3.97. The molecule has 2 atom stereocenters. The van der Waals surface area contributed by atoms with Crippen LogP contribution in [0.15, 0.2) is 0 Å². The summed E-state index contributed by atoms with van der Waals surface area (Å²) in [4.78, 5) is 0. The first kappa shape index (κ1) is 8.96. The normalized spacial score (nSPS) is 33.3. The summed E-state index contributed by atoms with van der Waals surface area (Å²) < 4.78 is 0. The topological polar surface area (TPSA) is 20.2 Å². The third kappa shape index (κ3) is 3.52. The van der Waals surface area contributed by atoms with Crippen molar-refractivity contribution in [3.05, 3.63) is 0 Å². The van der Waals surface area contributed by atoms with Gasteiger partial charge >= 0.3 is 0 Å². The second-order valence-corrected chi connectivity index (χ2v) is 2.57. The van der Waals surface area contributed by atoms with E-state index < -0.39 is 0 Å². The molecule has 0 spiro atoms. The molecule has 9 heavy (non-hydrogen) atoms. The highest BCUT2D eigenvalue weighted by Gasteiger charge is 2.17. The molecule has 0 aromatic heterocycles. The van der Waals surface area contributed by atoms with Crippen molar-refractivity contribution in [2.75, 3.05) is 0 Å². The van der Waals surface area contributed by atoms with Gasteiger partial charge in [0.05, 0.1) is 6.10 Å². The molecule has 1 nitrogen and oxygen atoms in total. The van der Waals surface area contributed by atoms with Crippen LogP contribution in [0, 0.1) is 5.92 Å². The van der Waals surface area contributed by atoms with Gasteiger partial charge in [0.2, 0.25) is 0 Å². The average Bonchev–Trinajstić information content (AvgIpc) is 2.20. The number of hydrogen-bond donors (Lipinski definition) is 1. The molecular weight excluding hydrogens is 112 g/mol. The minimum atomic E-state index is 0.0231. The Bertz CT molecular complexity index is 53.6. The minimum absolute atomic E-state index is 0.0231. The van der Waals surface area contributed by atoms with Gasteiger partial charge in [-0.15, -0.1) is 0 Å². The van der Waals surface area contributed by atoms with Crippen LogP contribution in [0.25, 0.3) is 0 Å². The monoisotopic (exact) mass is 130 g/mol. The van der Waals surface area contributed by atoms with E-state index in [0.29, 0.717) is 0 Å². The van der Waals surface area contributed by atoms with Crippen LogP contribution in [0.2, 0.25) is 0 Å². The number of aliphatic hydroxyl groups excluding tert-OH is 1. The molecule has 1 aliphatic carbocycles. The standard InChI is InChI=1S/C6H12O.C2H6/c1-5-2-3-6(7)4-5;1-2/h5-7H,2-4H2,1H3;1-2H3/t5-,6+;/m1./s1. The lowest BCUT2D eigenvalue weighted by Gasteiger charge is -1.95. The SMILES string of the molecule is CC.C[C@@H]1CC[C@H](O)C1. The zero-order valence-electron chi connectivity index (χ0n) is 6.72. The summed E-state index contributed by atoms with van der Waals surface area (Å²) in [5.41, 5.74) is 0. The fourth-order valence-electron chi connectivity index (χ4n) is 1.18. The fourth-order valence-corrected chi connectivity index (χ4v) is 1.18. The summed E-state index contributed by atoms with van der Waals surface area (Å²) in [5, 5.41) is 8.90. The molecule has 0 aliphatic heterocycles. The Hall–Kier alpha value is -0.0400. The van der Waals surface area contributed by atoms with Gasteiger partial charge in [-0.25, -0.2) is 0 Å². The molecule has 0 heterocycles. The van der Waals surface area contributed by atoms with Crippen molar-refractivity contribution >= 4 is 0 Å². The van der Waals surface area contributed by atoms with Crippen LogP contribution in [0.5, 0.6) is 0 Å². The van der Waals surface area contributed by atoms with Gasteiger partial charge in [-0.1, -0.05) is 20.8 Å². The maximum absolute atomic E-state index is 8.90. The molecule has 56 valence electrons. The van der Waals surface area contributed by atoms with Gasteiger partial charge in [-0.3, -0.25) is 0 Å². The zero-order chi connectivity index (χ0) is 7.28. The van der Waals surface area contributed by atoms with Crippen molar-refractivity contribution < 1.29 is 5.11 Å². The average molecular weight is 130 g/mol. The van der Waals surface area contributed by atoms with E-state index in [9.17, 15) is 0 Å². The van der Waals surface area contributed by atoms with Crippen LogP contribution in [-0.2, 0) is 0 Å². The van der Waals surface area contributed by atoms with Crippen LogP contribution in [0.1, 0.15) is 40.0 Å². The smallest absolute Gasteiger partial charge is 0.0542 e. The zero-order valence-corrected chi connectivity index (χ0v) is 6.72. The molecular formula is C8H18O. The number of rotatable bonds is 0. The predicted octanol–water partition coefficient (Wildman–Crippen LogP) is 2.19. The highest BCUT2D eigenvalue weighted by Crippen LogP contribution is 2.23. The Balaban J connectivity index is 0.000000291. The van der Waals surface area contributed by atoms with E-state index in [1.54, 1.807) is 0 Å². The first-order chi connectivity index (χ1) is 4.29. The fraction of sp³-hybridized carbons (Fsp3) is 1.00. The highest BCUT2D eigenvalue weighted by atomic mass is 16.3. The van der Waals surface area contributed by atoms with E-state index in [0.717, 1.165) is 18.8 Å². The summed E-state index contributed by atoms with van der Waals surface area (Å²) >= 11 is 0. The molecule has 0 unspecified atom stereocenters. The Morgan fingerprint density at radius 1 is 1.22 bits per heavy atom. The minimum Gasteiger partial charge on any atom is -0.393 e. The molecule has 1 N–H and O–H groups in total. The summed E-state index contributed by atoms with van der Waals surface area (Å²) in [6.07, 6.45) is 3.30. The Kier molecular flexibility index (Phi) is 4.78. The Morgan fingerprint density at radius 3 is 1.89 bits per heavy atom. The number of aliphatic hydroxyl groups is 1. The molecule has 0 radical (unpaired) electrons. The third-order valence-corrected chi connectivity index (χ3v) is 1.67. The second-order valence-electron chi connectivity index (χ2n) is 2.57. The molecule has 0 aromatic rings. The molecule has 0 bridgehead atoms. The van der Waals surface area contributed by atoms with E-state index >= 15 is 0 Å². The van der Waals surface area contributed by atoms with Crippen molar-refractivity contribution in [2.45, 2.75) is 46.1 Å². The Morgan fingerprint density at radius 2 is 1.78 bits per heavy atom. The van der Waals surface area contributed by atoms with Crippen molar-refractivity contribution in [1.82, 2.24) is 0 Å². The van der Waals surface area contributed by atoms with Crippen molar-refractivity contribution in [1.29, 1.82) is 0 Å². The largest absolute Gasteiger partial charge is 0.393 e. The van der Waals surface area contributed by atoms with Crippen LogP contribution < -0.4 is 0 Å². The molecule has 1 saturated carbocycles. The maximum Gasteiger partial charge on any atom is 0.0542 e. The first-order valence-electron chi connectivity index (χ1n) is 3.97. The highest BCUT2D eigenvalue weighted by molar-refractivity contribution is 4.70. The molecule has 0 amide bonds. The molecule has 1 heteroatoms. The van der Waals surface area contributed by atoms with Crippen LogP contribution >= 0.6 is 0 Å². The van der Waals surface area contributed by atoms with Crippen LogP contribution in [-0.4, -0.2) is 11.2 Å². The molecule has 1 fully saturated rings. The lowest BCUT2D eigenvalue weighted by atomic mass is 10.1. The van der Waals surface area contributed by atoms with E-state index in [-0.39, 0.29) is 6.10 Å². The van der Waals surface area contributed by atoms with Crippen molar-refractivity contribution in [3.8, 4) is 0 Å². The van der Waals surface area contributed by atoms with Crippen molar-refractivity contribution in [2.24, 2.45) is 5.92 Å². The lowest BCUT2D eigenvalue weighted by molar-refractivity contribution is 0.179. The summed E-state index contributed by atoms with van der Waals surface area (Å²) in [5.74, 6) is 0.773. The van der Waals surface area contributed by atoms with Crippen molar-refractivity contribution in [3.63, 3.8) is 0 Å². The molecule has 1 rings (SSSR count). The van der Waals surface area contributed by atoms with E-state index in [1.165, 1.54) is 6.42 Å². The molecule has 0 saturated heterocycles. The quantitative estimate of drug-likeness (QED) is 0.533. The van der Waals surface area contributed by atoms with Gasteiger partial charge in [0, 0.05) is 0 Å². The summed E-state index contributed by atoms with van der Waals surface area (Å²) in [6, 6.07) is 0. The molecule has 0 aromatic carbocycles. The number of hydrogen-bond acceptors (Lipinski definition) is 1. The maximum atomic E-state index is 8.90. The summed E-state index contributed by atoms with van der Waals surface area (Å²) in [7, 11) is 0. The summed E-state index contributed by atoms with van der Waals surface area (Å²) in [6.45, 7) is 6.19. The van der Waals surface area contributed by atoms with Gasteiger partial charge in [0.1, 0.15) is 0 Å². The predicted molar refractivity (Wildman–Crippen MR) is 40.4 cm³/mol. The lowest BCUT2D eigenvalue weighted by Crippen LogP contribution is -1.97. The van der Waals surface area contributed by atoms with Gasteiger partial charge in [0.15, 0.2) is 0 Å². The second kappa shape index (κ2) is 4.80. The Labute approximate surface area is 58.1 Å². The third-order valence-electron chi connectivity index (χ3n) is 1.67. The van der Waals surface area contributed by atoms with Crippen LogP contribution in [0.3, 0.4) is 0 Å². The molecule has 1 aliphatic rings. The van der Waals surface area contributed by atoms with Crippen LogP contribution in [0.4, 0.5) is 0 Å². The van der Waals surface area contributed by atoms with Gasteiger partial charge in [-0.2, -0.15) is 0 Å². The van der Waals surface area contributed by atoms with E-state index in [4.69, 9.17) is 5.11 Å². The van der Waals surface area contributed by atoms with Gasteiger partial charge in [0.25, 0.3) is 0 Å². The van der Waals surface area contributed by atoms with E-state index in [1.807, 2.05) is 13.8 Å². The van der Waals surface area contributed by atoms with Gasteiger partial charge < -0.3 is 5.11 Å².